The maximum Gasteiger partial charge on any atom is 0.310 e. The Balaban J connectivity index is 2.19. The number of carbonyl (C=O) groups is 1. The van der Waals surface area contributed by atoms with E-state index in [1.54, 1.807) is 11.3 Å². The van der Waals surface area contributed by atoms with Crippen LogP contribution in [-0.4, -0.2) is 12.6 Å². The first-order valence-corrected chi connectivity index (χ1v) is 8.06. The number of esters is 1. The molecule has 0 fully saturated rings. The number of ether oxygens (including phenoxy) is 1. The molecular formula is C16H13BrO2S. The molecule has 0 aliphatic heterocycles. The van der Waals surface area contributed by atoms with E-state index >= 15 is 0 Å². The summed E-state index contributed by atoms with van der Waals surface area (Å²) in [5, 5.41) is 2.41. The van der Waals surface area contributed by atoms with E-state index in [4.69, 9.17) is 4.74 Å². The Hall–Kier alpha value is -1.39. The molecule has 0 amide bonds. The van der Waals surface area contributed by atoms with E-state index in [0.29, 0.717) is 13.0 Å². The monoisotopic (exact) mass is 348 g/mol. The largest absolute Gasteiger partial charge is 0.466 e. The van der Waals surface area contributed by atoms with Gasteiger partial charge in [0.2, 0.25) is 0 Å². The van der Waals surface area contributed by atoms with Gasteiger partial charge < -0.3 is 4.74 Å². The molecule has 2 nitrogen and oxygen atoms in total. The highest BCUT2D eigenvalue weighted by molar-refractivity contribution is 9.10. The first kappa shape index (κ1) is 13.6. The lowest BCUT2D eigenvalue weighted by Gasteiger charge is -2.04. The number of fused-ring (bicyclic) bond motifs is 3. The molecule has 4 heteroatoms. The number of thiophene rings is 1. The molecule has 1 heterocycles. The van der Waals surface area contributed by atoms with Gasteiger partial charge in [0.15, 0.2) is 0 Å². The van der Waals surface area contributed by atoms with Crippen LogP contribution < -0.4 is 0 Å². The topological polar surface area (TPSA) is 26.3 Å². The second kappa shape index (κ2) is 5.54. The van der Waals surface area contributed by atoms with Crippen molar-refractivity contribution in [2.45, 2.75) is 13.3 Å². The molecular weight excluding hydrogens is 336 g/mol. The molecule has 2 aromatic carbocycles. The van der Waals surface area contributed by atoms with Crippen LogP contribution in [0.1, 0.15) is 12.5 Å². The van der Waals surface area contributed by atoms with Crippen molar-refractivity contribution in [1.29, 1.82) is 0 Å². The summed E-state index contributed by atoms with van der Waals surface area (Å²) in [7, 11) is 0. The second-order valence-corrected chi connectivity index (χ2v) is 6.40. The number of halogens is 1. The number of benzene rings is 2. The van der Waals surface area contributed by atoms with Crippen LogP contribution in [0, 0.1) is 0 Å². The van der Waals surface area contributed by atoms with E-state index in [0.717, 1.165) is 14.7 Å². The van der Waals surface area contributed by atoms with Crippen LogP contribution in [-0.2, 0) is 16.0 Å². The molecule has 0 radical (unpaired) electrons. The van der Waals surface area contributed by atoms with Gasteiger partial charge in [-0.15, -0.1) is 11.3 Å². The highest BCUT2D eigenvalue weighted by Gasteiger charge is 2.14. The van der Waals surface area contributed by atoms with Crippen molar-refractivity contribution in [2.24, 2.45) is 0 Å². The molecule has 0 N–H and O–H groups in total. The third-order valence-corrected chi connectivity index (χ3v) is 5.10. The molecule has 0 aliphatic rings. The standard InChI is InChI=1S/C16H13BrO2S/c1-2-19-14(18)9-10-7-8-12(17)15-11-5-3-4-6-13(11)20-16(10)15/h3-8H,2,9H2,1H3. The molecule has 20 heavy (non-hydrogen) atoms. The summed E-state index contributed by atoms with van der Waals surface area (Å²) in [6.45, 7) is 2.25. The summed E-state index contributed by atoms with van der Waals surface area (Å²) >= 11 is 5.34. The Labute approximate surface area is 129 Å². The average Bonchev–Trinajstić information content (AvgIpc) is 2.82. The van der Waals surface area contributed by atoms with Crippen molar-refractivity contribution in [3.05, 3.63) is 46.4 Å². The van der Waals surface area contributed by atoms with Crippen LogP contribution in [0.25, 0.3) is 20.2 Å². The highest BCUT2D eigenvalue weighted by atomic mass is 79.9. The fourth-order valence-corrected chi connectivity index (χ4v) is 4.26. The van der Waals surface area contributed by atoms with Crippen molar-refractivity contribution >= 4 is 53.4 Å². The molecule has 0 atom stereocenters. The van der Waals surface area contributed by atoms with Gasteiger partial charge in [-0.1, -0.05) is 40.2 Å². The lowest BCUT2D eigenvalue weighted by atomic mass is 10.1. The van der Waals surface area contributed by atoms with Crippen LogP contribution in [0.2, 0.25) is 0 Å². The van der Waals surface area contributed by atoms with Crippen molar-refractivity contribution in [2.75, 3.05) is 6.61 Å². The summed E-state index contributed by atoms with van der Waals surface area (Å²) < 4.78 is 8.52. The third-order valence-electron chi connectivity index (χ3n) is 3.20. The normalized spacial score (nSPS) is 11.1. The first-order valence-electron chi connectivity index (χ1n) is 6.45. The van der Waals surface area contributed by atoms with Gasteiger partial charge >= 0.3 is 5.97 Å². The molecule has 0 unspecified atom stereocenters. The lowest BCUT2D eigenvalue weighted by molar-refractivity contribution is -0.142. The van der Waals surface area contributed by atoms with Gasteiger partial charge in [-0.2, -0.15) is 0 Å². The van der Waals surface area contributed by atoms with Crippen molar-refractivity contribution < 1.29 is 9.53 Å². The molecule has 1 aromatic heterocycles. The predicted octanol–water partition coefficient (Wildman–Crippen LogP) is 4.92. The third kappa shape index (κ3) is 2.34. The van der Waals surface area contributed by atoms with Crippen LogP contribution >= 0.6 is 27.3 Å². The Kier molecular flexibility index (Phi) is 3.76. The Bertz CT molecular complexity index is 792. The summed E-state index contributed by atoms with van der Waals surface area (Å²) in [5.41, 5.74) is 1.03. The lowest BCUT2D eigenvalue weighted by Crippen LogP contribution is -2.07. The van der Waals surface area contributed by atoms with Crippen LogP contribution in [0.5, 0.6) is 0 Å². The van der Waals surface area contributed by atoms with E-state index < -0.39 is 0 Å². The summed E-state index contributed by atoms with van der Waals surface area (Å²) in [5.74, 6) is -0.173. The van der Waals surface area contributed by atoms with Crippen LogP contribution in [0.4, 0.5) is 0 Å². The van der Waals surface area contributed by atoms with E-state index in [-0.39, 0.29) is 5.97 Å². The van der Waals surface area contributed by atoms with E-state index in [1.807, 2.05) is 31.2 Å². The quantitative estimate of drug-likeness (QED) is 0.627. The van der Waals surface area contributed by atoms with Crippen LogP contribution in [0.15, 0.2) is 40.9 Å². The van der Waals surface area contributed by atoms with E-state index in [1.165, 1.54) is 15.5 Å². The fourth-order valence-electron chi connectivity index (χ4n) is 2.35. The highest BCUT2D eigenvalue weighted by Crippen LogP contribution is 2.40. The van der Waals surface area contributed by atoms with Crippen molar-refractivity contribution in [3.63, 3.8) is 0 Å². The average molecular weight is 349 g/mol. The molecule has 0 bridgehead atoms. The molecule has 0 saturated heterocycles. The molecule has 3 aromatic rings. The molecule has 102 valence electrons. The van der Waals surface area contributed by atoms with E-state index in [9.17, 15) is 4.79 Å². The predicted molar refractivity (Wildman–Crippen MR) is 87.4 cm³/mol. The summed E-state index contributed by atoms with van der Waals surface area (Å²) in [6, 6.07) is 12.3. The minimum absolute atomic E-state index is 0.173. The molecule has 0 spiro atoms. The smallest absolute Gasteiger partial charge is 0.310 e. The Morgan fingerprint density at radius 1 is 1.25 bits per heavy atom. The molecule has 3 rings (SSSR count). The SMILES string of the molecule is CCOC(=O)Cc1ccc(Br)c2c1sc1ccccc12. The van der Waals surface area contributed by atoms with Gasteiger partial charge in [-0.05, 0) is 24.6 Å². The molecule has 0 aliphatic carbocycles. The van der Waals surface area contributed by atoms with Crippen molar-refractivity contribution in [3.8, 4) is 0 Å². The molecule has 0 saturated carbocycles. The fraction of sp³-hybridized carbons (Fsp3) is 0.188. The number of rotatable bonds is 3. The summed E-state index contributed by atoms with van der Waals surface area (Å²) in [6.07, 6.45) is 0.324. The van der Waals surface area contributed by atoms with Gasteiger partial charge in [0.05, 0.1) is 13.0 Å². The van der Waals surface area contributed by atoms with Gasteiger partial charge in [0.25, 0.3) is 0 Å². The summed E-state index contributed by atoms with van der Waals surface area (Å²) in [4.78, 5) is 11.7. The first-order chi connectivity index (χ1) is 9.70. The Morgan fingerprint density at radius 3 is 2.85 bits per heavy atom. The Morgan fingerprint density at radius 2 is 2.05 bits per heavy atom. The zero-order chi connectivity index (χ0) is 14.1. The minimum atomic E-state index is -0.173. The van der Waals surface area contributed by atoms with Gasteiger partial charge in [-0.25, -0.2) is 0 Å². The van der Waals surface area contributed by atoms with Crippen LogP contribution in [0.3, 0.4) is 0 Å². The zero-order valence-electron chi connectivity index (χ0n) is 11.0. The van der Waals surface area contributed by atoms with Crippen molar-refractivity contribution in [1.82, 2.24) is 0 Å². The number of carbonyl (C=O) groups excluding carboxylic acids is 1. The van der Waals surface area contributed by atoms with E-state index in [2.05, 4.69) is 28.1 Å². The maximum absolute atomic E-state index is 11.7. The number of hydrogen-bond acceptors (Lipinski definition) is 3. The van der Waals surface area contributed by atoms with Gasteiger partial charge in [0, 0.05) is 24.6 Å². The minimum Gasteiger partial charge on any atom is -0.466 e. The van der Waals surface area contributed by atoms with Gasteiger partial charge in [0.1, 0.15) is 0 Å². The zero-order valence-corrected chi connectivity index (χ0v) is 13.4. The number of hydrogen-bond donors (Lipinski definition) is 0. The van der Waals surface area contributed by atoms with Gasteiger partial charge in [-0.3, -0.25) is 4.79 Å². The second-order valence-electron chi connectivity index (χ2n) is 4.49. The maximum atomic E-state index is 11.7.